The Kier molecular flexibility index (Phi) is 4.72. The predicted molar refractivity (Wildman–Crippen MR) is 98.7 cm³/mol. The first kappa shape index (κ1) is 17.4. The molecule has 3 rings (SSSR count). The number of hydrogen-bond donors (Lipinski definition) is 1. The van der Waals surface area contributed by atoms with E-state index in [0.717, 1.165) is 0 Å². The number of nitrogens with zero attached hydrogens (tertiary/aromatic N) is 1. The zero-order chi connectivity index (χ0) is 18.1. The van der Waals surface area contributed by atoms with E-state index in [4.69, 9.17) is 0 Å². The first-order chi connectivity index (χ1) is 11.9. The maximum absolute atomic E-state index is 12.5. The maximum Gasteiger partial charge on any atom is 0.261 e. The van der Waals surface area contributed by atoms with Gasteiger partial charge in [0.25, 0.3) is 17.7 Å². The van der Waals surface area contributed by atoms with E-state index < -0.39 is 0 Å². The van der Waals surface area contributed by atoms with Crippen LogP contribution in [0.15, 0.2) is 46.9 Å². The fourth-order valence-electron chi connectivity index (χ4n) is 2.74. The summed E-state index contributed by atoms with van der Waals surface area (Å²) < 4.78 is 0.683. The molecule has 3 amide bonds. The molecule has 0 aliphatic carbocycles. The largest absolute Gasteiger partial charge is 0.322 e. The quantitative estimate of drug-likeness (QED) is 0.789. The average molecular weight is 401 g/mol. The van der Waals surface area contributed by atoms with Crippen molar-refractivity contribution in [3.8, 4) is 0 Å². The summed E-state index contributed by atoms with van der Waals surface area (Å²) in [6, 6.07) is 11.9. The number of hydrogen-bond acceptors (Lipinski definition) is 3. The molecule has 0 aromatic heterocycles. The van der Waals surface area contributed by atoms with E-state index in [9.17, 15) is 14.4 Å². The monoisotopic (exact) mass is 400 g/mol. The number of halogens is 1. The number of anilines is 1. The highest BCUT2D eigenvalue weighted by atomic mass is 79.9. The van der Waals surface area contributed by atoms with Crippen LogP contribution >= 0.6 is 15.9 Å². The molecule has 128 valence electrons. The zero-order valence-electron chi connectivity index (χ0n) is 13.9. The van der Waals surface area contributed by atoms with Gasteiger partial charge in [-0.1, -0.05) is 26.0 Å². The van der Waals surface area contributed by atoms with Gasteiger partial charge in [-0.15, -0.1) is 0 Å². The minimum Gasteiger partial charge on any atom is -0.322 e. The molecule has 5 nitrogen and oxygen atoms in total. The van der Waals surface area contributed by atoms with E-state index in [1.165, 1.54) is 4.90 Å². The predicted octanol–water partition coefficient (Wildman–Crippen LogP) is 3.95. The smallest absolute Gasteiger partial charge is 0.261 e. The molecule has 0 saturated carbocycles. The Balaban J connectivity index is 1.85. The standard InChI is InChI=1S/C19H17BrN2O3/c1-11(2)10-22-18(24)13-8-7-12(9-15(13)19(22)25)21-17(23)14-5-3-4-6-16(14)20/h3-9,11H,10H2,1-2H3,(H,21,23). The summed E-state index contributed by atoms with van der Waals surface area (Å²) in [5, 5.41) is 2.77. The van der Waals surface area contributed by atoms with Crippen LogP contribution in [0.1, 0.15) is 44.9 Å². The Morgan fingerprint density at radius 1 is 1.08 bits per heavy atom. The van der Waals surface area contributed by atoms with Crippen molar-refractivity contribution in [3.63, 3.8) is 0 Å². The van der Waals surface area contributed by atoms with Gasteiger partial charge in [-0.2, -0.15) is 0 Å². The van der Waals surface area contributed by atoms with Crippen molar-refractivity contribution in [1.29, 1.82) is 0 Å². The Labute approximate surface area is 154 Å². The van der Waals surface area contributed by atoms with Gasteiger partial charge in [0.15, 0.2) is 0 Å². The summed E-state index contributed by atoms with van der Waals surface area (Å²) >= 11 is 3.34. The van der Waals surface area contributed by atoms with Gasteiger partial charge in [-0.3, -0.25) is 19.3 Å². The number of carbonyl (C=O) groups excluding carboxylic acids is 3. The molecule has 2 aromatic rings. The summed E-state index contributed by atoms with van der Waals surface area (Å²) in [6.45, 7) is 4.28. The molecular weight excluding hydrogens is 384 g/mol. The van der Waals surface area contributed by atoms with Crippen molar-refractivity contribution in [2.75, 3.05) is 11.9 Å². The van der Waals surface area contributed by atoms with Crippen molar-refractivity contribution in [2.45, 2.75) is 13.8 Å². The number of rotatable bonds is 4. The van der Waals surface area contributed by atoms with Crippen LogP contribution < -0.4 is 5.32 Å². The molecule has 0 atom stereocenters. The van der Waals surface area contributed by atoms with Crippen LogP contribution in [-0.2, 0) is 0 Å². The van der Waals surface area contributed by atoms with Gasteiger partial charge in [-0.05, 0) is 52.2 Å². The normalized spacial score (nSPS) is 13.4. The number of carbonyl (C=O) groups is 3. The number of nitrogens with one attached hydrogen (secondary N) is 1. The SMILES string of the molecule is CC(C)CN1C(=O)c2ccc(NC(=O)c3ccccc3Br)cc2C1=O. The Morgan fingerprint density at radius 3 is 2.44 bits per heavy atom. The highest BCUT2D eigenvalue weighted by molar-refractivity contribution is 9.10. The summed E-state index contributed by atoms with van der Waals surface area (Å²) in [7, 11) is 0. The first-order valence-electron chi connectivity index (χ1n) is 7.94. The fraction of sp³-hybridized carbons (Fsp3) is 0.211. The van der Waals surface area contributed by atoms with Crippen molar-refractivity contribution in [2.24, 2.45) is 5.92 Å². The lowest BCUT2D eigenvalue weighted by molar-refractivity contribution is 0.0636. The van der Waals surface area contributed by atoms with Gasteiger partial charge in [0.2, 0.25) is 0 Å². The summed E-state index contributed by atoms with van der Waals surface area (Å²) in [5.74, 6) is -0.692. The molecule has 1 aliphatic rings. The third-order valence-corrected chi connectivity index (χ3v) is 4.59. The van der Waals surface area contributed by atoms with Gasteiger partial charge < -0.3 is 5.32 Å². The molecule has 1 aliphatic heterocycles. The lowest BCUT2D eigenvalue weighted by Crippen LogP contribution is -2.33. The van der Waals surface area contributed by atoms with E-state index in [-0.39, 0.29) is 23.6 Å². The minimum absolute atomic E-state index is 0.191. The van der Waals surface area contributed by atoms with Gasteiger partial charge in [0.05, 0.1) is 16.7 Å². The van der Waals surface area contributed by atoms with E-state index >= 15 is 0 Å². The van der Waals surface area contributed by atoms with Crippen LogP contribution in [0.5, 0.6) is 0 Å². The Morgan fingerprint density at radius 2 is 1.76 bits per heavy atom. The number of fused-ring (bicyclic) bond motifs is 1. The second-order valence-corrected chi connectivity index (χ2v) is 7.16. The van der Waals surface area contributed by atoms with Crippen LogP contribution in [0.3, 0.4) is 0 Å². The molecule has 2 aromatic carbocycles. The number of benzene rings is 2. The van der Waals surface area contributed by atoms with Gasteiger partial charge in [-0.25, -0.2) is 0 Å². The zero-order valence-corrected chi connectivity index (χ0v) is 15.5. The summed E-state index contributed by atoms with van der Waals surface area (Å²) in [4.78, 5) is 38.5. The lowest BCUT2D eigenvalue weighted by atomic mass is 10.1. The van der Waals surface area contributed by atoms with Crippen molar-refractivity contribution >= 4 is 39.3 Å². The number of amides is 3. The van der Waals surface area contributed by atoms with Crippen molar-refractivity contribution < 1.29 is 14.4 Å². The average Bonchev–Trinajstić information content (AvgIpc) is 2.79. The number of imide groups is 1. The Hall–Kier alpha value is -2.47. The van der Waals surface area contributed by atoms with E-state index in [2.05, 4.69) is 21.2 Å². The second-order valence-electron chi connectivity index (χ2n) is 6.31. The summed E-state index contributed by atoms with van der Waals surface area (Å²) in [6.07, 6.45) is 0. The van der Waals surface area contributed by atoms with Gasteiger partial charge >= 0.3 is 0 Å². The van der Waals surface area contributed by atoms with Gasteiger partial charge in [0.1, 0.15) is 0 Å². The van der Waals surface area contributed by atoms with Crippen LogP contribution in [-0.4, -0.2) is 29.2 Å². The van der Waals surface area contributed by atoms with Crippen LogP contribution in [0.4, 0.5) is 5.69 Å². The second kappa shape index (κ2) is 6.80. The van der Waals surface area contributed by atoms with Crippen LogP contribution in [0.2, 0.25) is 0 Å². The highest BCUT2D eigenvalue weighted by Gasteiger charge is 2.35. The molecule has 0 saturated heterocycles. The first-order valence-corrected chi connectivity index (χ1v) is 8.74. The lowest BCUT2D eigenvalue weighted by Gasteiger charge is -2.15. The molecule has 0 fully saturated rings. The molecule has 25 heavy (non-hydrogen) atoms. The molecule has 6 heteroatoms. The molecule has 0 spiro atoms. The molecular formula is C19H17BrN2O3. The molecule has 1 N–H and O–H groups in total. The van der Waals surface area contributed by atoms with E-state index in [1.807, 2.05) is 19.9 Å². The molecule has 0 radical (unpaired) electrons. The topological polar surface area (TPSA) is 66.5 Å². The third-order valence-electron chi connectivity index (χ3n) is 3.89. The third kappa shape index (κ3) is 3.35. The maximum atomic E-state index is 12.5. The van der Waals surface area contributed by atoms with Crippen molar-refractivity contribution in [3.05, 3.63) is 63.6 Å². The van der Waals surface area contributed by atoms with Gasteiger partial charge in [0, 0.05) is 16.7 Å². The van der Waals surface area contributed by atoms with E-state index in [0.29, 0.717) is 33.4 Å². The minimum atomic E-state index is -0.314. The van der Waals surface area contributed by atoms with Crippen molar-refractivity contribution in [1.82, 2.24) is 4.90 Å². The van der Waals surface area contributed by atoms with Crippen LogP contribution in [0.25, 0.3) is 0 Å². The summed E-state index contributed by atoms with van der Waals surface area (Å²) in [5.41, 5.74) is 1.68. The molecule has 1 heterocycles. The van der Waals surface area contributed by atoms with Crippen LogP contribution in [0, 0.1) is 5.92 Å². The fourth-order valence-corrected chi connectivity index (χ4v) is 3.21. The Bertz CT molecular complexity index is 877. The molecule has 0 bridgehead atoms. The molecule has 0 unspecified atom stereocenters. The highest BCUT2D eigenvalue weighted by Crippen LogP contribution is 2.27. The van der Waals surface area contributed by atoms with E-state index in [1.54, 1.807) is 36.4 Å².